The molecule has 3 fully saturated rings. The van der Waals surface area contributed by atoms with Gasteiger partial charge in [0.25, 0.3) is 0 Å². The highest BCUT2D eigenvalue weighted by Gasteiger charge is 2.61. The summed E-state index contributed by atoms with van der Waals surface area (Å²) in [7, 11) is 7.28. The third kappa shape index (κ3) is 10.3. The summed E-state index contributed by atoms with van der Waals surface area (Å²) >= 11 is 0. The van der Waals surface area contributed by atoms with Gasteiger partial charge in [-0.1, -0.05) is 96.8 Å². The highest BCUT2D eigenvalue weighted by molar-refractivity contribution is 5.14. The molecule has 50 heavy (non-hydrogen) atoms. The van der Waals surface area contributed by atoms with Crippen LogP contribution < -0.4 is 0 Å². The van der Waals surface area contributed by atoms with Crippen LogP contribution in [0.15, 0.2) is 0 Å². The number of unbranched alkanes of at least 4 members (excludes halogenated alkanes) is 13. The molecular formula is C47H93N3. The second-order valence-corrected chi connectivity index (χ2v) is 22.3. The lowest BCUT2D eigenvalue weighted by molar-refractivity contribution is -0.173. The molecule has 0 N–H and O–H groups in total. The predicted molar refractivity (Wildman–Crippen MR) is 223 cm³/mol. The summed E-state index contributed by atoms with van der Waals surface area (Å²) in [6.07, 6.45) is 29.7. The van der Waals surface area contributed by atoms with E-state index in [2.05, 4.69) is 126 Å². The van der Waals surface area contributed by atoms with Crippen molar-refractivity contribution in [2.45, 2.75) is 258 Å². The van der Waals surface area contributed by atoms with Crippen LogP contribution in [0.1, 0.15) is 225 Å². The van der Waals surface area contributed by atoms with Crippen molar-refractivity contribution >= 4 is 0 Å². The number of likely N-dealkylation sites (tertiary alicyclic amines) is 3. The van der Waals surface area contributed by atoms with Gasteiger partial charge in [-0.3, -0.25) is 14.7 Å². The van der Waals surface area contributed by atoms with Crippen molar-refractivity contribution in [3.63, 3.8) is 0 Å². The van der Waals surface area contributed by atoms with Crippen LogP contribution >= 0.6 is 0 Å². The third-order valence-corrected chi connectivity index (χ3v) is 16.2. The Hall–Kier alpha value is -0.120. The SMILES string of the molecule is CCCCCCCCCCCCCCCCC(C1CC(C)(C)N(C)C(C)(C)C1)(C1CC(C)(C)N(C)C(C)(C)C1)C1CC(C)(C)N(C)C(C)(C)C1. The monoisotopic (exact) mass is 700 g/mol. The van der Waals surface area contributed by atoms with Crippen molar-refractivity contribution in [2.24, 2.45) is 23.2 Å². The molecule has 0 aromatic rings. The van der Waals surface area contributed by atoms with E-state index < -0.39 is 0 Å². The summed E-state index contributed by atoms with van der Waals surface area (Å²) in [5, 5.41) is 0. The number of piperidine rings is 3. The first kappa shape index (κ1) is 44.3. The van der Waals surface area contributed by atoms with Crippen LogP contribution in [-0.4, -0.2) is 69.1 Å². The third-order valence-electron chi connectivity index (χ3n) is 16.2. The summed E-state index contributed by atoms with van der Waals surface area (Å²) < 4.78 is 0. The molecule has 3 saturated heterocycles. The molecule has 3 aliphatic heterocycles. The minimum absolute atomic E-state index is 0.208. The number of rotatable bonds is 18. The van der Waals surface area contributed by atoms with Crippen LogP contribution in [0.4, 0.5) is 0 Å². The Balaban J connectivity index is 1.90. The first-order valence-electron chi connectivity index (χ1n) is 22.2. The molecule has 3 rings (SSSR count). The van der Waals surface area contributed by atoms with Crippen molar-refractivity contribution < 1.29 is 0 Å². The Bertz CT molecular complexity index is 861. The number of hydrogen-bond acceptors (Lipinski definition) is 3. The highest BCUT2D eigenvalue weighted by Crippen LogP contribution is 2.64. The van der Waals surface area contributed by atoms with Crippen molar-refractivity contribution in [3.05, 3.63) is 0 Å². The zero-order valence-corrected chi connectivity index (χ0v) is 37.4. The van der Waals surface area contributed by atoms with Gasteiger partial charge in [-0.15, -0.1) is 0 Å². The van der Waals surface area contributed by atoms with Gasteiger partial charge in [-0.2, -0.15) is 0 Å². The second kappa shape index (κ2) is 17.1. The molecule has 0 aromatic carbocycles. The van der Waals surface area contributed by atoms with Crippen molar-refractivity contribution in [1.29, 1.82) is 0 Å². The summed E-state index contributed by atoms with van der Waals surface area (Å²) in [5.41, 5.74) is 1.61. The van der Waals surface area contributed by atoms with Gasteiger partial charge < -0.3 is 0 Å². The lowest BCUT2D eigenvalue weighted by atomic mass is 9.45. The van der Waals surface area contributed by atoms with Gasteiger partial charge >= 0.3 is 0 Å². The minimum Gasteiger partial charge on any atom is -0.296 e. The quantitative estimate of drug-likeness (QED) is 0.132. The predicted octanol–water partition coefficient (Wildman–Crippen LogP) is 13.5. The summed E-state index contributed by atoms with van der Waals surface area (Å²) in [5.74, 6) is 2.27. The summed E-state index contributed by atoms with van der Waals surface area (Å²) in [6, 6.07) is 0. The summed E-state index contributed by atoms with van der Waals surface area (Å²) in [4.78, 5) is 8.25. The fourth-order valence-corrected chi connectivity index (χ4v) is 12.5. The standard InChI is InChI=1S/C47H93N3/c1-17-18-19-20-21-22-23-24-25-26-27-28-29-30-31-47(38-32-41(2,3)48(14)42(4,5)33-38,39-34-43(6,7)49(15)44(8,9)35-39)40-36-45(10,11)50(16)46(12,13)37-40/h38-40H,17-37H2,1-16H3. The Morgan fingerprint density at radius 3 is 0.780 bits per heavy atom. The Morgan fingerprint density at radius 1 is 0.360 bits per heavy atom. The van der Waals surface area contributed by atoms with Gasteiger partial charge in [-0.05, 0) is 172 Å². The van der Waals surface area contributed by atoms with E-state index in [-0.39, 0.29) is 33.2 Å². The van der Waals surface area contributed by atoms with E-state index >= 15 is 0 Å². The molecule has 0 atom stereocenters. The first-order valence-corrected chi connectivity index (χ1v) is 22.2. The second-order valence-electron chi connectivity index (χ2n) is 22.3. The van der Waals surface area contributed by atoms with Crippen LogP contribution in [-0.2, 0) is 0 Å². The molecule has 0 saturated carbocycles. The zero-order valence-electron chi connectivity index (χ0n) is 37.4. The average Bonchev–Trinajstić information content (AvgIpc) is 2.98. The van der Waals surface area contributed by atoms with Gasteiger partial charge in [0.2, 0.25) is 0 Å². The van der Waals surface area contributed by atoms with E-state index in [9.17, 15) is 0 Å². The maximum Gasteiger partial charge on any atom is 0.0158 e. The van der Waals surface area contributed by atoms with E-state index in [4.69, 9.17) is 0 Å². The topological polar surface area (TPSA) is 9.72 Å². The highest BCUT2D eigenvalue weighted by atomic mass is 15.3. The van der Waals surface area contributed by atoms with E-state index in [1.165, 1.54) is 135 Å². The Labute approximate surface area is 316 Å². The normalized spacial score (nSPS) is 26.4. The van der Waals surface area contributed by atoms with Gasteiger partial charge in [-0.25, -0.2) is 0 Å². The average molecular weight is 700 g/mol. The molecular weight excluding hydrogens is 607 g/mol. The molecule has 0 amide bonds. The lowest BCUT2D eigenvalue weighted by Crippen LogP contribution is -2.68. The Kier molecular flexibility index (Phi) is 15.2. The zero-order chi connectivity index (χ0) is 37.8. The molecule has 0 aromatic heterocycles. The molecule has 0 unspecified atom stereocenters. The molecule has 3 aliphatic rings. The van der Waals surface area contributed by atoms with Crippen LogP contribution in [0.25, 0.3) is 0 Å². The van der Waals surface area contributed by atoms with E-state index in [0.29, 0.717) is 5.41 Å². The van der Waals surface area contributed by atoms with Crippen molar-refractivity contribution in [1.82, 2.24) is 14.7 Å². The maximum absolute atomic E-state index is 2.75. The maximum atomic E-state index is 2.75. The molecule has 3 heteroatoms. The van der Waals surface area contributed by atoms with Crippen LogP contribution in [0.5, 0.6) is 0 Å². The number of hydrogen-bond donors (Lipinski definition) is 0. The Morgan fingerprint density at radius 2 is 0.560 bits per heavy atom. The van der Waals surface area contributed by atoms with Crippen molar-refractivity contribution in [2.75, 3.05) is 21.1 Å². The van der Waals surface area contributed by atoms with Gasteiger partial charge in [0.05, 0.1) is 0 Å². The van der Waals surface area contributed by atoms with E-state index in [1.54, 1.807) is 0 Å². The van der Waals surface area contributed by atoms with Crippen LogP contribution in [0, 0.1) is 23.2 Å². The van der Waals surface area contributed by atoms with Crippen molar-refractivity contribution in [3.8, 4) is 0 Å². The van der Waals surface area contributed by atoms with Gasteiger partial charge in [0, 0.05) is 33.2 Å². The van der Waals surface area contributed by atoms with Gasteiger partial charge in [0.1, 0.15) is 0 Å². The first-order chi connectivity index (χ1) is 23.0. The van der Waals surface area contributed by atoms with E-state index in [0.717, 1.165) is 17.8 Å². The largest absolute Gasteiger partial charge is 0.296 e. The molecule has 296 valence electrons. The minimum atomic E-state index is 0.208. The van der Waals surface area contributed by atoms with E-state index in [1.807, 2.05) is 0 Å². The summed E-state index contributed by atoms with van der Waals surface area (Å²) in [6.45, 7) is 33.2. The smallest absolute Gasteiger partial charge is 0.0158 e. The fraction of sp³-hybridized carbons (Fsp3) is 1.00. The molecule has 0 radical (unpaired) electrons. The van der Waals surface area contributed by atoms with Crippen LogP contribution in [0.3, 0.4) is 0 Å². The fourth-order valence-electron chi connectivity index (χ4n) is 12.5. The molecule has 3 nitrogen and oxygen atoms in total. The van der Waals surface area contributed by atoms with Gasteiger partial charge in [0.15, 0.2) is 0 Å². The molecule has 3 heterocycles. The molecule has 0 spiro atoms. The van der Waals surface area contributed by atoms with Crippen LogP contribution in [0.2, 0.25) is 0 Å². The molecule has 0 aliphatic carbocycles. The molecule has 0 bridgehead atoms. The lowest BCUT2D eigenvalue weighted by Gasteiger charge is -2.67. The number of nitrogens with zero attached hydrogens (tertiary/aromatic N) is 3.